The van der Waals surface area contributed by atoms with Gasteiger partial charge < -0.3 is 14.6 Å². The second kappa shape index (κ2) is 7.64. The van der Waals surface area contributed by atoms with Crippen molar-refractivity contribution in [2.24, 2.45) is 0 Å². The molecule has 1 rings (SSSR count). The molecule has 1 aromatic heterocycles. The van der Waals surface area contributed by atoms with Crippen molar-refractivity contribution in [2.75, 3.05) is 5.32 Å². The summed E-state index contributed by atoms with van der Waals surface area (Å²) in [5, 5.41) is 13.3. The Morgan fingerprint density at radius 2 is 1.68 bits per heavy atom. The molecular weight excluding hydrogens is 348 g/mol. The van der Waals surface area contributed by atoms with Crippen LogP contribution in [0, 0.1) is 0 Å². The maximum atomic E-state index is 11.8. The molecule has 0 aromatic carbocycles. The number of anilines is 1. The lowest BCUT2D eigenvalue weighted by Gasteiger charge is -2.19. The number of carboxylic acid groups (broad SMARTS) is 1. The molecule has 0 atom stereocenters. The third-order valence-electron chi connectivity index (χ3n) is 2.29. The molecule has 0 saturated carbocycles. The van der Waals surface area contributed by atoms with Gasteiger partial charge in [-0.2, -0.15) is 0 Å². The number of aliphatic carboxylic acids is 1. The summed E-state index contributed by atoms with van der Waals surface area (Å²) in [7, 11) is 0. The third kappa shape index (κ3) is 7.79. The molecule has 25 heavy (non-hydrogen) atoms. The molecule has 0 aliphatic carbocycles. The van der Waals surface area contributed by atoms with Crippen molar-refractivity contribution < 1.29 is 29.0 Å². The number of nitrogens with one attached hydrogen (secondary N) is 1. The predicted molar refractivity (Wildman–Crippen MR) is 93.4 cm³/mol. The van der Waals surface area contributed by atoms with Crippen LogP contribution in [0.3, 0.4) is 0 Å². The van der Waals surface area contributed by atoms with E-state index in [9.17, 15) is 19.5 Å². The maximum Gasteiger partial charge on any atom is 0.413 e. The first-order valence-electron chi connectivity index (χ1n) is 7.41. The quantitative estimate of drug-likeness (QED) is 0.617. The van der Waals surface area contributed by atoms with Crippen LogP contribution in [0.25, 0.3) is 5.57 Å². The molecule has 138 valence electrons. The van der Waals surface area contributed by atoms with Crippen LogP contribution in [0.2, 0.25) is 0 Å². The number of hydrogen-bond donors (Lipinski definition) is 2. The molecule has 0 saturated heterocycles. The molecule has 0 aliphatic heterocycles. The summed E-state index contributed by atoms with van der Waals surface area (Å²) in [6.45, 7) is 10.2. The number of aromatic nitrogens is 1. The maximum absolute atomic E-state index is 11.8. The number of hydrogen-bond acceptors (Lipinski definition) is 7. The SMILES string of the molecule is CC(C)(C)OC(=O)/C=C(/C(=O)O)c1csc(NC(=O)OC(C)(C)C)n1. The van der Waals surface area contributed by atoms with Gasteiger partial charge in [-0.3, -0.25) is 5.32 Å². The number of esters is 1. The highest BCUT2D eigenvalue weighted by molar-refractivity contribution is 7.14. The molecule has 0 radical (unpaired) electrons. The van der Waals surface area contributed by atoms with Crippen LogP contribution in [0.15, 0.2) is 11.5 Å². The molecular formula is C16H22N2O6S. The summed E-state index contributed by atoms with van der Waals surface area (Å²) in [6, 6.07) is 0. The van der Waals surface area contributed by atoms with E-state index in [-0.39, 0.29) is 16.4 Å². The Balaban J connectivity index is 2.94. The molecule has 2 N–H and O–H groups in total. The zero-order valence-electron chi connectivity index (χ0n) is 15.0. The van der Waals surface area contributed by atoms with Crippen molar-refractivity contribution in [1.82, 2.24) is 4.98 Å². The molecule has 0 unspecified atom stereocenters. The highest BCUT2D eigenvalue weighted by atomic mass is 32.1. The Hall–Kier alpha value is -2.42. The topological polar surface area (TPSA) is 115 Å². The molecule has 1 amide bonds. The van der Waals surface area contributed by atoms with Crippen molar-refractivity contribution in [3.8, 4) is 0 Å². The minimum absolute atomic E-state index is 0.0365. The summed E-state index contributed by atoms with van der Waals surface area (Å²) in [5.41, 5.74) is -1.72. The van der Waals surface area contributed by atoms with E-state index >= 15 is 0 Å². The van der Waals surface area contributed by atoms with Gasteiger partial charge in [0.25, 0.3) is 0 Å². The van der Waals surface area contributed by atoms with Crippen LogP contribution < -0.4 is 5.32 Å². The van der Waals surface area contributed by atoms with Crippen LogP contribution in [0.1, 0.15) is 47.2 Å². The molecule has 1 aromatic rings. The minimum atomic E-state index is -1.33. The van der Waals surface area contributed by atoms with Gasteiger partial charge >= 0.3 is 18.0 Å². The van der Waals surface area contributed by atoms with E-state index in [1.54, 1.807) is 41.5 Å². The van der Waals surface area contributed by atoms with Crippen molar-refractivity contribution in [1.29, 1.82) is 0 Å². The summed E-state index contributed by atoms with van der Waals surface area (Å²) in [4.78, 5) is 38.9. The largest absolute Gasteiger partial charge is 0.478 e. The number of amides is 1. The zero-order chi connectivity index (χ0) is 19.4. The van der Waals surface area contributed by atoms with Crippen molar-refractivity contribution >= 4 is 40.1 Å². The van der Waals surface area contributed by atoms with E-state index in [1.165, 1.54) is 5.38 Å². The molecule has 1 heterocycles. The minimum Gasteiger partial charge on any atom is -0.478 e. The van der Waals surface area contributed by atoms with Gasteiger partial charge in [-0.25, -0.2) is 19.4 Å². The number of nitrogens with zero attached hydrogens (tertiary/aromatic N) is 1. The standard InChI is InChI=1S/C16H22N2O6S/c1-15(2,3)23-11(19)7-9(12(20)21)10-8-25-13(17-10)18-14(22)24-16(4,5)6/h7-8H,1-6H3,(H,20,21)(H,17,18,22)/b9-7+. The van der Waals surface area contributed by atoms with E-state index < -0.39 is 29.2 Å². The monoisotopic (exact) mass is 370 g/mol. The van der Waals surface area contributed by atoms with Gasteiger partial charge in [0, 0.05) is 11.5 Å². The summed E-state index contributed by atoms with van der Waals surface area (Å²) < 4.78 is 10.2. The van der Waals surface area contributed by atoms with E-state index in [1.807, 2.05) is 0 Å². The van der Waals surface area contributed by atoms with Gasteiger partial charge in [0.05, 0.1) is 11.3 Å². The first kappa shape index (κ1) is 20.6. The lowest BCUT2D eigenvalue weighted by Crippen LogP contribution is -2.27. The number of carboxylic acids is 1. The summed E-state index contributed by atoms with van der Waals surface area (Å²) in [6.07, 6.45) is 0.154. The van der Waals surface area contributed by atoms with Gasteiger partial charge in [0.1, 0.15) is 11.2 Å². The van der Waals surface area contributed by atoms with Gasteiger partial charge in [-0.15, -0.1) is 11.3 Å². The van der Waals surface area contributed by atoms with Crippen molar-refractivity contribution in [3.05, 3.63) is 17.2 Å². The van der Waals surface area contributed by atoms with Crippen LogP contribution in [-0.2, 0) is 19.1 Å². The fourth-order valence-electron chi connectivity index (χ4n) is 1.54. The van der Waals surface area contributed by atoms with Crippen molar-refractivity contribution in [3.63, 3.8) is 0 Å². The fourth-order valence-corrected chi connectivity index (χ4v) is 2.24. The van der Waals surface area contributed by atoms with Gasteiger partial charge in [-0.05, 0) is 41.5 Å². The van der Waals surface area contributed by atoms with Gasteiger partial charge in [-0.1, -0.05) is 0 Å². The Bertz CT molecular complexity index is 694. The van der Waals surface area contributed by atoms with Crippen LogP contribution >= 0.6 is 11.3 Å². The zero-order valence-corrected chi connectivity index (χ0v) is 15.8. The number of carbonyl (C=O) groups excluding carboxylic acids is 2. The summed E-state index contributed by atoms with van der Waals surface area (Å²) in [5.74, 6) is -2.13. The first-order valence-corrected chi connectivity index (χ1v) is 8.29. The second-order valence-electron chi connectivity index (χ2n) is 7.06. The van der Waals surface area contributed by atoms with Crippen LogP contribution in [0.4, 0.5) is 9.93 Å². The fraction of sp³-hybridized carbons (Fsp3) is 0.500. The van der Waals surface area contributed by atoms with E-state index in [4.69, 9.17) is 9.47 Å². The average molecular weight is 370 g/mol. The molecule has 8 nitrogen and oxygen atoms in total. The Labute approximate surface area is 149 Å². The second-order valence-corrected chi connectivity index (χ2v) is 7.92. The number of carbonyl (C=O) groups is 3. The van der Waals surface area contributed by atoms with Gasteiger partial charge in [0.2, 0.25) is 0 Å². The summed E-state index contributed by atoms with van der Waals surface area (Å²) >= 11 is 1.01. The van der Waals surface area contributed by atoms with E-state index in [0.717, 1.165) is 17.4 Å². The van der Waals surface area contributed by atoms with Crippen molar-refractivity contribution in [2.45, 2.75) is 52.7 Å². The van der Waals surface area contributed by atoms with E-state index in [2.05, 4.69) is 10.3 Å². The van der Waals surface area contributed by atoms with E-state index in [0.29, 0.717) is 0 Å². The average Bonchev–Trinajstić information content (AvgIpc) is 2.78. The Morgan fingerprint density at radius 1 is 1.12 bits per heavy atom. The molecule has 0 bridgehead atoms. The smallest absolute Gasteiger partial charge is 0.413 e. The van der Waals surface area contributed by atoms with Gasteiger partial charge in [0.15, 0.2) is 5.13 Å². The highest BCUT2D eigenvalue weighted by Crippen LogP contribution is 2.23. The number of thiazole rings is 1. The Morgan fingerprint density at radius 3 is 2.16 bits per heavy atom. The Kier molecular flexibility index (Phi) is 6.31. The molecule has 0 fully saturated rings. The third-order valence-corrected chi connectivity index (χ3v) is 3.05. The highest BCUT2D eigenvalue weighted by Gasteiger charge is 2.21. The lowest BCUT2D eigenvalue weighted by molar-refractivity contribution is -0.148. The predicted octanol–water partition coefficient (Wildman–Crippen LogP) is 3.30. The van der Waals surface area contributed by atoms with Crippen LogP contribution in [-0.4, -0.2) is 39.3 Å². The first-order chi connectivity index (χ1) is 11.3. The molecule has 0 aliphatic rings. The molecule has 9 heteroatoms. The number of rotatable bonds is 4. The normalized spacial score (nSPS) is 12.5. The lowest BCUT2D eigenvalue weighted by atomic mass is 10.2. The van der Waals surface area contributed by atoms with Crippen LogP contribution in [0.5, 0.6) is 0 Å². The molecule has 0 spiro atoms. The number of ether oxygens (including phenoxy) is 2.